The number of carbonyl (C=O) groups is 1. The lowest BCUT2D eigenvalue weighted by molar-refractivity contribution is -0.127. The Morgan fingerprint density at radius 2 is 1.96 bits per heavy atom. The first-order valence-electron chi connectivity index (χ1n) is 7.82. The maximum atomic E-state index is 11.7. The highest BCUT2D eigenvalue weighted by Gasteiger charge is 2.18. The molecule has 1 heterocycles. The van der Waals surface area contributed by atoms with Gasteiger partial charge in [0.15, 0.2) is 6.10 Å². The molecule has 0 aliphatic carbocycles. The van der Waals surface area contributed by atoms with Gasteiger partial charge < -0.3 is 10.1 Å². The van der Waals surface area contributed by atoms with Crippen molar-refractivity contribution in [2.24, 2.45) is 0 Å². The lowest BCUT2D eigenvalue weighted by Gasteiger charge is -2.14. The highest BCUT2D eigenvalue weighted by molar-refractivity contribution is 7.13. The number of likely N-dealkylation sites (N-methyl/N-ethyl adjacent to an activating group) is 1. The van der Waals surface area contributed by atoms with Crippen LogP contribution in [0.5, 0.6) is 5.75 Å². The zero-order valence-corrected chi connectivity index (χ0v) is 15.2. The minimum atomic E-state index is -0.506. The van der Waals surface area contributed by atoms with E-state index < -0.39 is 6.10 Å². The van der Waals surface area contributed by atoms with Crippen LogP contribution in [0.2, 0.25) is 0 Å². The Bertz CT molecular complexity index is 656. The summed E-state index contributed by atoms with van der Waals surface area (Å²) in [5, 5.41) is 5.85. The number of carbonyl (C=O) groups excluding carboxylic acids is 1. The molecule has 2 aromatic rings. The Morgan fingerprint density at radius 1 is 1.30 bits per heavy atom. The zero-order chi connectivity index (χ0) is 17.0. The number of hydrogen-bond donors (Lipinski definition) is 1. The van der Waals surface area contributed by atoms with E-state index in [1.165, 1.54) is 0 Å². The van der Waals surface area contributed by atoms with Gasteiger partial charge in [-0.1, -0.05) is 20.8 Å². The van der Waals surface area contributed by atoms with Gasteiger partial charge in [0.25, 0.3) is 5.91 Å². The highest BCUT2D eigenvalue weighted by Crippen LogP contribution is 2.30. The molecule has 0 aliphatic rings. The van der Waals surface area contributed by atoms with E-state index in [9.17, 15) is 4.79 Å². The Kier molecular flexibility index (Phi) is 5.42. The number of nitrogens with one attached hydrogen (secondary N) is 1. The Morgan fingerprint density at radius 3 is 2.48 bits per heavy atom. The van der Waals surface area contributed by atoms with E-state index in [4.69, 9.17) is 9.72 Å². The fourth-order valence-corrected chi connectivity index (χ4v) is 3.06. The number of benzene rings is 1. The molecule has 1 N–H and O–H groups in total. The molecule has 0 unspecified atom stereocenters. The third-order valence-electron chi connectivity index (χ3n) is 3.41. The van der Waals surface area contributed by atoms with Crippen LogP contribution in [0.25, 0.3) is 10.6 Å². The summed E-state index contributed by atoms with van der Waals surface area (Å²) in [4.78, 5) is 16.4. The summed E-state index contributed by atoms with van der Waals surface area (Å²) >= 11 is 1.64. The summed E-state index contributed by atoms with van der Waals surface area (Å²) in [5.74, 6) is 0.575. The second kappa shape index (κ2) is 7.13. The Balaban J connectivity index is 2.08. The van der Waals surface area contributed by atoms with Gasteiger partial charge >= 0.3 is 0 Å². The molecule has 4 nitrogen and oxygen atoms in total. The van der Waals surface area contributed by atoms with E-state index in [0.717, 1.165) is 16.3 Å². The molecule has 0 saturated heterocycles. The van der Waals surface area contributed by atoms with E-state index in [0.29, 0.717) is 12.3 Å². The summed E-state index contributed by atoms with van der Waals surface area (Å²) in [5.41, 5.74) is 2.21. The van der Waals surface area contributed by atoms with Crippen molar-refractivity contribution in [1.82, 2.24) is 10.3 Å². The van der Waals surface area contributed by atoms with Crippen molar-refractivity contribution in [2.75, 3.05) is 6.54 Å². The molecule has 1 amide bonds. The zero-order valence-electron chi connectivity index (χ0n) is 14.3. The van der Waals surface area contributed by atoms with Gasteiger partial charge in [0, 0.05) is 22.9 Å². The number of thiazole rings is 1. The van der Waals surface area contributed by atoms with E-state index in [-0.39, 0.29) is 11.3 Å². The van der Waals surface area contributed by atoms with E-state index in [1.807, 2.05) is 31.2 Å². The van der Waals surface area contributed by atoms with Gasteiger partial charge in [-0.25, -0.2) is 4.98 Å². The Labute approximate surface area is 141 Å². The van der Waals surface area contributed by atoms with Gasteiger partial charge in [0.05, 0.1) is 5.69 Å². The van der Waals surface area contributed by atoms with E-state index >= 15 is 0 Å². The average Bonchev–Trinajstić information content (AvgIpc) is 2.98. The molecule has 0 spiro atoms. The molecule has 0 radical (unpaired) electrons. The van der Waals surface area contributed by atoms with Crippen LogP contribution in [0.3, 0.4) is 0 Å². The molecule has 1 aromatic heterocycles. The molecule has 1 aromatic carbocycles. The molecule has 5 heteroatoms. The van der Waals surface area contributed by atoms with Gasteiger partial charge in [-0.15, -0.1) is 11.3 Å². The van der Waals surface area contributed by atoms with Crippen molar-refractivity contribution in [3.05, 3.63) is 35.3 Å². The third-order valence-corrected chi connectivity index (χ3v) is 4.30. The van der Waals surface area contributed by atoms with Crippen LogP contribution in [0.1, 0.15) is 40.3 Å². The number of ether oxygens (including phenoxy) is 1. The molecule has 23 heavy (non-hydrogen) atoms. The van der Waals surface area contributed by atoms with Crippen molar-refractivity contribution in [1.29, 1.82) is 0 Å². The van der Waals surface area contributed by atoms with Crippen LogP contribution in [0.15, 0.2) is 29.6 Å². The fourth-order valence-electron chi connectivity index (χ4n) is 2.00. The molecule has 2 rings (SSSR count). The summed E-state index contributed by atoms with van der Waals surface area (Å²) < 4.78 is 5.65. The van der Waals surface area contributed by atoms with Crippen molar-refractivity contribution < 1.29 is 9.53 Å². The summed E-state index contributed by atoms with van der Waals surface area (Å²) in [6.45, 7) is 10.7. The van der Waals surface area contributed by atoms with Crippen molar-refractivity contribution >= 4 is 17.2 Å². The van der Waals surface area contributed by atoms with Crippen LogP contribution in [-0.4, -0.2) is 23.5 Å². The lowest BCUT2D eigenvalue weighted by Crippen LogP contribution is -2.36. The maximum absolute atomic E-state index is 11.7. The first-order chi connectivity index (χ1) is 10.8. The second-order valence-corrected chi connectivity index (χ2v) is 7.33. The minimum absolute atomic E-state index is 0.0554. The lowest BCUT2D eigenvalue weighted by atomic mass is 9.93. The van der Waals surface area contributed by atoms with Crippen LogP contribution >= 0.6 is 11.3 Å². The quantitative estimate of drug-likeness (QED) is 0.900. The van der Waals surface area contributed by atoms with Crippen LogP contribution < -0.4 is 10.1 Å². The first kappa shape index (κ1) is 17.5. The topological polar surface area (TPSA) is 51.2 Å². The number of amides is 1. The Hall–Kier alpha value is -1.88. The van der Waals surface area contributed by atoms with Crippen molar-refractivity contribution in [3.8, 4) is 16.3 Å². The molecular weight excluding hydrogens is 308 g/mol. The highest BCUT2D eigenvalue weighted by atomic mass is 32.1. The molecule has 0 aliphatic heterocycles. The van der Waals surface area contributed by atoms with Gasteiger partial charge in [0.2, 0.25) is 0 Å². The normalized spacial score (nSPS) is 12.7. The van der Waals surface area contributed by atoms with Crippen LogP contribution in [0.4, 0.5) is 0 Å². The largest absolute Gasteiger partial charge is 0.481 e. The predicted octanol–water partition coefficient (Wildman–Crippen LogP) is 4.01. The van der Waals surface area contributed by atoms with Crippen molar-refractivity contribution in [2.45, 2.75) is 46.1 Å². The van der Waals surface area contributed by atoms with Gasteiger partial charge in [-0.2, -0.15) is 0 Å². The molecular formula is C18H24N2O2S. The smallest absolute Gasteiger partial charge is 0.260 e. The molecule has 1 atom stereocenters. The SMILES string of the molecule is CCNC(=O)[C@@H](C)Oc1ccc(-c2nc(C(C)(C)C)cs2)cc1. The van der Waals surface area contributed by atoms with Gasteiger partial charge in [0.1, 0.15) is 10.8 Å². The van der Waals surface area contributed by atoms with Gasteiger partial charge in [-0.05, 0) is 38.1 Å². The standard InChI is InChI=1S/C18H24N2O2S/c1-6-19-16(21)12(2)22-14-9-7-13(8-10-14)17-20-15(11-23-17)18(3,4)5/h7-12H,6H2,1-5H3,(H,19,21)/t12-/m1/s1. The fraction of sp³-hybridized carbons (Fsp3) is 0.444. The number of rotatable bonds is 5. The molecule has 124 valence electrons. The van der Waals surface area contributed by atoms with Crippen LogP contribution in [-0.2, 0) is 10.2 Å². The molecule has 0 saturated carbocycles. The third kappa shape index (κ3) is 4.55. The summed E-state index contributed by atoms with van der Waals surface area (Å²) in [6.07, 6.45) is -0.506. The van der Waals surface area contributed by atoms with E-state index in [2.05, 4.69) is 31.5 Å². The monoisotopic (exact) mass is 332 g/mol. The number of aromatic nitrogens is 1. The summed E-state index contributed by atoms with van der Waals surface area (Å²) in [6, 6.07) is 7.71. The number of nitrogens with zero attached hydrogens (tertiary/aromatic N) is 1. The molecule has 0 fully saturated rings. The summed E-state index contributed by atoms with van der Waals surface area (Å²) in [7, 11) is 0. The maximum Gasteiger partial charge on any atom is 0.260 e. The first-order valence-corrected chi connectivity index (χ1v) is 8.70. The van der Waals surface area contributed by atoms with Crippen LogP contribution in [0, 0.1) is 0 Å². The minimum Gasteiger partial charge on any atom is -0.481 e. The predicted molar refractivity (Wildman–Crippen MR) is 95.0 cm³/mol. The second-order valence-electron chi connectivity index (χ2n) is 6.47. The van der Waals surface area contributed by atoms with Gasteiger partial charge in [-0.3, -0.25) is 4.79 Å². The molecule has 0 bridgehead atoms. The van der Waals surface area contributed by atoms with E-state index in [1.54, 1.807) is 18.3 Å². The van der Waals surface area contributed by atoms with Crippen molar-refractivity contribution in [3.63, 3.8) is 0 Å². The number of hydrogen-bond acceptors (Lipinski definition) is 4. The average molecular weight is 332 g/mol.